The quantitative estimate of drug-likeness (QED) is 0.875. The molecule has 2 heterocycles. The first-order valence-electron chi connectivity index (χ1n) is 7.16. The van der Waals surface area contributed by atoms with Crippen LogP contribution in [0.3, 0.4) is 0 Å². The molecule has 102 valence electrons. The third-order valence-corrected chi connectivity index (χ3v) is 4.97. The van der Waals surface area contributed by atoms with Crippen molar-refractivity contribution in [2.75, 3.05) is 6.54 Å². The minimum absolute atomic E-state index is 0.547. The van der Waals surface area contributed by atoms with Crippen LogP contribution in [0.25, 0.3) is 0 Å². The molecule has 3 nitrogen and oxygen atoms in total. The summed E-state index contributed by atoms with van der Waals surface area (Å²) in [5.41, 5.74) is 0. The normalized spacial score (nSPS) is 17.9. The number of nitrogens with zero attached hydrogens (tertiary/aromatic N) is 2. The molecule has 0 saturated heterocycles. The average molecular weight is 275 g/mol. The first kappa shape index (κ1) is 12.9. The van der Waals surface area contributed by atoms with Gasteiger partial charge in [0.15, 0.2) is 0 Å². The minimum atomic E-state index is 0.547. The van der Waals surface area contributed by atoms with Gasteiger partial charge < -0.3 is 9.88 Å². The molecule has 1 unspecified atom stereocenters. The molecule has 0 aromatic carbocycles. The van der Waals surface area contributed by atoms with E-state index in [-0.39, 0.29) is 0 Å². The Hall–Kier alpha value is -1.13. The summed E-state index contributed by atoms with van der Waals surface area (Å²) in [6.45, 7) is 2.00. The minimum Gasteiger partial charge on any atom is -0.336 e. The van der Waals surface area contributed by atoms with E-state index in [0.717, 1.165) is 19.0 Å². The molecule has 2 aromatic heterocycles. The molecule has 1 saturated carbocycles. The molecule has 1 N–H and O–H groups in total. The highest BCUT2D eigenvalue weighted by Crippen LogP contribution is 2.37. The van der Waals surface area contributed by atoms with Crippen molar-refractivity contribution in [3.8, 4) is 0 Å². The van der Waals surface area contributed by atoms with Crippen molar-refractivity contribution < 1.29 is 0 Å². The molecular weight excluding hydrogens is 254 g/mol. The van der Waals surface area contributed by atoms with Crippen LogP contribution in [0.15, 0.2) is 36.2 Å². The zero-order chi connectivity index (χ0) is 12.9. The molecule has 1 aliphatic carbocycles. The molecule has 4 heteroatoms. The van der Waals surface area contributed by atoms with Crippen molar-refractivity contribution in [3.05, 3.63) is 41.1 Å². The summed E-state index contributed by atoms with van der Waals surface area (Å²) >= 11 is 1.88. The Bertz CT molecular complexity index is 458. The zero-order valence-electron chi connectivity index (χ0n) is 11.2. The molecule has 3 rings (SSSR count). The predicted molar refractivity (Wildman–Crippen MR) is 79.2 cm³/mol. The summed E-state index contributed by atoms with van der Waals surface area (Å²) in [6.07, 6.45) is 11.3. The molecular formula is C15H21N3S. The number of nitrogens with one attached hydrogen (secondary N) is 1. The van der Waals surface area contributed by atoms with Crippen molar-refractivity contribution >= 4 is 11.3 Å². The van der Waals surface area contributed by atoms with Gasteiger partial charge in [-0.05, 0) is 30.2 Å². The van der Waals surface area contributed by atoms with Gasteiger partial charge in [0.25, 0.3) is 0 Å². The largest absolute Gasteiger partial charge is 0.336 e. The number of hydrogen-bond acceptors (Lipinski definition) is 3. The molecule has 19 heavy (non-hydrogen) atoms. The smallest absolute Gasteiger partial charge is 0.0946 e. The van der Waals surface area contributed by atoms with Crippen LogP contribution in [0.2, 0.25) is 0 Å². The fourth-order valence-corrected chi connectivity index (χ4v) is 3.92. The maximum Gasteiger partial charge on any atom is 0.0946 e. The van der Waals surface area contributed by atoms with Gasteiger partial charge in [0.2, 0.25) is 0 Å². The van der Waals surface area contributed by atoms with E-state index >= 15 is 0 Å². The van der Waals surface area contributed by atoms with Gasteiger partial charge in [0.05, 0.1) is 6.33 Å². The van der Waals surface area contributed by atoms with Gasteiger partial charge >= 0.3 is 0 Å². The number of imidazole rings is 1. The van der Waals surface area contributed by atoms with Gasteiger partial charge in [-0.15, -0.1) is 11.3 Å². The lowest BCUT2D eigenvalue weighted by Gasteiger charge is -2.24. The molecule has 2 aromatic rings. The van der Waals surface area contributed by atoms with Gasteiger partial charge in [-0.25, -0.2) is 4.98 Å². The van der Waals surface area contributed by atoms with Crippen LogP contribution < -0.4 is 5.32 Å². The van der Waals surface area contributed by atoms with E-state index in [4.69, 9.17) is 0 Å². The van der Waals surface area contributed by atoms with Crippen LogP contribution in [0, 0.1) is 5.92 Å². The maximum absolute atomic E-state index is 4.08. The van der Waals surface area contributed by atoms with Gasteiger partial charge in [-0.3, -0.25) is 0 Å². The molecule has 0 bridgehead atoms. The van der Waals surface area contributed by atoms with E-state index in [1.807, 2.05) is 30.1 Å². The number of thiophene rings is 1. The molecule has 0 aliphatic heterocycles. The first-order valence-corrected chi connectivity index (χ1v) is 8.04. The van der Waals surface area contributed by atoms with E-state index in [0.29, 0.717) is 6.04 Å². The van der Waals surface area contributed by atoms with Crippen LogP contribution in [0.1, 0.15) is 36.6 Å². The van der Waals surface area contributed by atoms with Gasteiger partial charge in [0.1, 0.15) is 0 Å². The number of hydrogen-bond donors (Lipinski definition) is 1. The zero-order valence-corrected chi connectivity index (χ0v) is 12.0. The second-order valence-corrected chi connectivity index (χ2v) is 6.27. The van der Waals surface area contributed by atoms with Crippen molar-refractivity contribution in [1.29, 1.82) is 0 Å². The Morgan fingerprint density at radius 3 is 3.00 bits per heavy atom. The highest BCUT2D eigenvalue weighted by Gasteiger charge is 2.26. The fourth-order valence-electron chi connectivity index (χ4n) is 3.03. The SMILES string of the molecule is c1csc(C(NCCn2ccnc2)C2CCCC2)c1. The van der Waals surface area contributed by atoms with Crippen molar-refractivity contribution in [2.45, 2.75) is 38.3 Å². The number of aromatic nitrogens is 2. The second-order valence-electron chi connectivity index (χ2n) is 5.29. The van der Waals surface area contributed by atoms with Gasteiger partial charge in [-0.1, -0.05) is 18.9 Å². The summed E-state index contributed by atoms with van der Waals surface area (Å²) in [4.78, 5) is 5.58. The highest BCUT2D eigenvalue weighted by molar-refractivity contribution is 7.10. The molecule has 1 aliphatic rings. The Morgan fingerprint density at radius 2 is 2.32 bits per heavy atom. The third-order valence-electron chi connectivity index (χ3n) is 4.01. The monoisotopic (exact) mass is 275 g/mol. The number of rotatable bonds is 6. The molecule has 1 fully saturated rings. The highest BCUT2D eigenvalue weighted by atomic mass is 32.1. The first-order chi connectivity index (χ1) is 9.43. The Balaban J connectivity index is 1.59. The van der Waals surface area contributed by atoms with Crippen molar-refractivity contribution in [3.63, 3.8) is 0 Å². The fraction of sp³-hybridized carbons (Fsp3) is 0.533. The lowest BCUT2D eigenvalue weighted by Crippen LogP contribution is -2.29. The summed E-state index contributed by atoms with van der Waals surface area (Å²) in [6, 6.07) is 4.99. The van der Waals surface area contributed by atoms with Crippen LogP contribution >= 0.6 is 11.3 Å². The van der Waals surface area contributed by atoms with Crippen LogP contribution in [-0.2, 0) is 6.54 Å². The predicted octanol–water partition coefficient (Wildman–Crippen LogP) is 3.47. The van der Waals surface area contributed by atoms with E-state index in [9.17, 15) is 0 Å². The second kappa shape index (κ2) is 6.35. The van der Waals surface area contributed by atoms with Crippen LogP contribution in [0.5, 0.6) is 0 Å². The Labute approximate surface area is 118 Å². The molecule has 1 atom stereocenters. The summed E-state index contributed by atoms with van der Waals surface area (Å²) in [7, 11) is 0. The Kier molecular flexibility index (Phi) is 4.30. The standard InChI is InChI=1S/C15H21N3S/c1-2-5-13(4-1)15(14-6-3-11-19-14)17-8-10-18-9-7-16-12-18/h3,6-7,9,11-13,15,17H,1-2,4-5,8,10H2. The lowest BCUT2D eigenvalue weighted by molar-refractivity contribution is 0.366. The average Bonchev–Trinajstić information content (AvgIpc) is 3.15. The van der Waals surface area contributed by atoms with Crippen LogP contribution in [-0.4, -0.2) is 16.1 Å². The van der Waals surface area contributed by atoms with Gasteiger partial charge in [-0.2, -0.15) is 0 Å². The third kappa shape index (κ3) is 3.25. The van der Waals surface area contributed by atoms with E-state index in [2.05, 4.69) is 32.4 Å². The topological polar surface area (TPSA) is 29.9 Å². The van der Waals surface area contributed by atoms with E-state index in [1.165, 1.54) is 30.6 Å². The Morgan fingerprint density at radius 1 is 1.42 bits per heavy atom. The summed E-state index contributed by atoms with van der Waals surface area (Å²) < 4.78 is 2.13. The molecule has 0 radical (unpaired) electrons. The van der Waals surface area contributed by atoms with E-state index < -0.39 is 0 Å². The van der Waals surface area contributed by atoms with Gasteiger partial charge in [0, 0.05) is 36.4 Å². The van der Waals surface area contributed by atoms with E-state index in [1.54, 1.807) is 0 Å². The maximum atomic E-state index is 4.08. The van der Waals surface area contributed by atoms with Crippen LogP contribution in [0.4, 0.5) is 0 Å². The van der Waals surface area contributed by atoms with Crippen molar-refractivity contribution in [2.24, 2.45) is 5.92 Å². The lowest BCUT2D eigenvalue weighted by atomic mass is 9.97. The summed E-state index contributed by atoms with van der Waals surface area (Å²) in [5.74, 6) is 0.821. The summed E-state index contributed by atoms with van der Waals surface area (Å²) in [5, 5.41) is 5.95. The molecule has 0 spiro atoms. The molecule has 0 amide bonds. The van der Waals surface area contributed by atoms with Crippen molar-refractivity contribution in [1.82, 2.24) is 14.9 Å².